The van der Waals surface area contributed by atoms with Crippen LogP contribution in [0.25, 0.3) is 0 Å². The zero-order valence-corrected chi connectivity index (χ0v) is 18.9. The molecule has 0 aliphatic heterocycles. The Kier molecular flexibility index (Phi) is 8.19. The van der Waals surface area contributed by atoms with Gasteiger partial charge < -0.3 is 20.9 Å². The Bertz CT molecular complexity index is 913. The SMILES string of the molecule is CCN(CC)C(=O)c1ccc(NC(=O)CNc2cccc(C(=O)NC(C)(C)C)c2)cc1. The smallest absolute Gasteiger partial charge is 0.253 e. The lowest BCUT2D eigenvalue weighted by Crippen LogP contribution is -2.40. The largest absolute Gasteiger partial charge is 0.376 e. The molecule has 166 valence electrons. The van der Waals surface area contributed by atoms with Crippen molar-refractivity contribution in [2.24, 2.45) is 0 Å². The molecule has 0 aliphatic rings. The maximum absolute atomic E-state index is 12.4. The number of rotatable bonds is 8. The van der Waals surface area contributed by atoms with E-state index >= 15 is 0 Å². The summed E-state index contributed by atoms with van der Waals surface area (Å²) in [5.41, 5.74) is 2.07. The fourth-order valence-corrected chi connectivity index (χ4v) is 2.96. The molecule has 0 radical (unpaired) electrons. The van der Waals surface area contributed by atoms with Gasteiger partial charge in [0.1, 0.15) is 0 Å². The highest BCUT2D eigenvalue weighted by Crippen LogP contribution is 2.14. The quantitative estimate of drug-likeness (QED) is 0.602. The molecule has 0 fully saturated rings. The van der Waals surface area contributed by atoms with Crippen LogP contribution in [0.5, 0.6) is 0 Å². The Hall–Kier alpha value is -3.35. The highest BCUT2D eigenvalue weighted by molar-refractivity contribution is 5.97. The summed E-state index contributed by atoms with van der Waals surface area (Å²) in [5, 5.41) is 8.74. The van der Waals surface area contributed by atoms with E-state index in [0.29, 0.717) is 35.6 Å². The standard InChI is InChI=1S/C24H32N4O3/c1-6-28(7-2)23(31)17-11-13-19(14-12-17)26-21(29)16-25-20-10-8-9-18(15-20)22(30)27-24(3,4)5/h8-15,25H,6-7,16H2,1-5H3,(H,26,29)(H,27,30). The minimum absolute atomic E-state index is 0.0278. The molecule has 7 nitrogen and oxygen atoms in total. The molecule has 0 aromatic heterocycles. The summed E-state index contributed by atoms with van der Waals surface area (Å²) in [5.74, 6) is -0.424. The van der Waals surface area contributed by atoms with Crippen molar-refractivity contribution in [1.29, 1.82) is 0 Å². The van der Waals surface area contributed by atoms with Crippen LogP contribution >= 0.6 is 0 Å². The van der Waals surface area contributed by atoms with Crippen LogP contribution in [0.4, 0.5) is 11.4 Å². The van der Waals surface area contributed by atoms with E-state index in [4.69, 9.17) is 0 Å². The van der Waals surface area contributed by atoms with Gasteiger partial charge in [-0.1, -0.05) is 6.07 Å². The molecule has 3 amide bonds. The third-order valence-electron chi connectivity index (χ3n) is 4.53. The first-order valence-electron chi connectivity index (χ1n) is 10.5. The molecule has 0 unspecified atom stereocenters. The monoisotopic (exact) mass is 424 g/mol. The molecule has 3 N–H and O–H groups in total. The number of anilines is 2. The molecule has 31 heavy (non-hydrogen) atoms. The van der Waals surface area contributed by atoms with Crippen molar-refractivity contribution in [2.45, 2.75) is 40.2 Å². The van der Waals surface area contributed by atoms with Crippen molar-refractivity contribution in [3.63, 3.8) is 0 Å². The Morgan fingerprint density at radius 1 is 0.871 bits per heavy atom. The number of carbonyl (C=O) groups is 3. The number of hydrogen-bond acceptors (Lipinski definition) is 4. The van der Waals surface area contributed by atoms with Crippen molar-refractivity contribution in [1.82, 2.24) is 10.2 Å². The highest BCUT2D eigenvalue weighted by atomic mass is 16.2. The number of nitrogens with zero attached hydrogens (tertiary/aromatic N) is 1. The van der Waals surface area contributed by atoms with E-state index in [2.05, 4.69) is 16.0 Å². The average Bonchev–Trinajstić information content (AvgIpc) is 2.72. The first-order valence-corrected chi connectivity index (χ1v) is 10.5. The minimum atomic E-state index is -0.327. The van der Waals surface area contributed by atoms with Crippen LogP contribution in [0.1, 0.15) is 55.3 Å². The fourth-order valence-electron chi connectivity index (χ4n) is 2.96. The third-order valence-corrected chi connectivity index (χ3v) is 4.53. The van der Waals surface area contributed by atoms with Crippen molar-refractivity contribution in [2.75, 3.05) is 30.3 Å². The minimum Gasteiger partial charge on any atom is -0.376 e. The van der Waals surface area contributed by atoms with Crippen LogP contribution in [0.3, 0.4) is 0 Å². The lowest BCUT2D eigenvalue weighted by Gasteiger charge is -2.20. The van der Waals surface area contributed by atoms with Gasteiger partial charge >= 0.3 is 0 Å². The van der Waals surface area contributed by atoms with Gasteiger partial charge in [-0.05, 0) is 77.1 Å². The summed E-state index contributed by atoms with van der Waals surface area (Å²) in [4.78, 5) is 38.7. The van der Waals surface area contributed by atoms with Gasteiger partial charge in [0, 0.05) is 41.1 Å². The molecule has 0 spiro atoms. The van der Waals surface area contributed by atoms with Gasteiger partial charge in [-0.25, -0.2) is 0 Å². The van der Waals surface area contributed by atoms with Crippen molar-refractivity contribution in [3.8, 4) is 0 Å². The molecular weight excluding hydrogens is 392 g/mol. The Balaban J connectivity index is 1.92. The lowest BCUT2D eigenvalue weighted by molar-refractivity contribution is -0.114. The molecule has 0 heterocycles. The normalized spacial score (nSPS) is 10.9. The number of hydrogen-bond donors (Lipinski definition) is 3. The first kappa shape index (κ1) is 23.9. The Morgan fingerprint density at radius 2 is 1.52 bits per heavy atom. The van der Waals surface area contributed by atoms with Gasteiger partial charge in [-0.15, -0.1) is 0 Å². The maximum Gasteiger partial charge on any atom is 0.253 e. The third kappa shape index (κ3) is 7.44. The molecule has 7 heteroatoms. The van der Waals surface area contributed by atoms with Crippen LogP contribution in [0.15, 0.2) is 48.5 Å². The van der Waals surface area contributed by atoms with Crippen LogP contribution in [0, 0.1) is 0 Å². The molecule has 2 aromatic rings. The van der Waals surface area contributed by atoms with Gasteiger partial charge in [0.2, 0.25) is 5.91 Å². The van der Waals surface area contributed by atoms with Crippen LogP contribution in [0.2, 0.25) is 0 Å². The Labute approximate surface area is 184 Å². The lowest BCUT2D eigenvalue weighted by atomic mass is 10.1. The zero-order valence-electron chi connectivity index (χ0n) is 18.9. The van der Waals surface area contributed by atoms with Crippen LogP contribution in [-0.2, 0) is 4.79 Å². The molecule has 0 bridgehead atoms. The second-order valence-electron chi connectivity index (χ2n) is 8.24. The summed E-state index contributed by atoms with van der Waals surface area (Å²) in [7, 11) is 0. The second-order valence-corrected chi connectivity index (χ2v) is 8.24. The van der Waals surface area contributed by atoms with Crippen molar-refractivity contribution < 1.29 is 14.4 Å². The predicted molar refractivity (Wildman–Crippen MR) is 124 cm³/mol. The molecule has 0 saturated carbocycles. The van der Waals surface area contributed by atoms with Gasteiger partial charge in [-0.3, -0.25) is 14.4 Å². The number of amides is 3. The molecular formula is C24H32N4O3. The van der Waals surface area contributed by atoms with Crippen molar-refractivity contribution >= 4 is 29.1 Å². The van der Waals surface area contributed by atoms with Crippen molar-refractivity contribution in [3.05, 3.63) is 59.7 Å². The van der Waals surface area contributed by atoms with E-state index < -0.39 is 0 Å². The Morgan fingerprint density at radius 3 is 2.10 bits per heavy atom. The average molecular weight is 425 g/mol. The van der Waals surface area contributed by atoms with Gasteiger partial charge in [0.05, 0.1) is 6.54 Å². The predicted octanol–water partition coefficient (Wildman–Crippen LogP) is 3.75. The summed E-state index contributed by atoms with van der Waals surface area (Å²) >= 11 is 0. The van der Waals surface area contributed by atoms with Crippen LogP contribution < -0.4 is 16.0 Å². The molecule has 2 rings (SSSR count). The van der Waals surface area contributed by atoms with Crippen LogP contribution in [-0.4, -0.2) is 47.8 Å². The van der Waals surface area contributed by atoms with E-state index in [0.717, 1.165) is 0 Å². The molecule has 2 aromatic carbocycles. The van der Waals surface area contributed by atoms with E-state index in [1.807, 2.05) is 34.6 Å². The zero-order chi connectivity index (χ0) is 23.0. The van der Waals surface area contributed by atoms with Gasteiger partial charge in [-0.2, -0.15) is 0 Å². The molecule has 0 saturated heterocycles. The number of benzene rings is 2. The first-order chi connectivity index (χ1) is 14.6. The van der Waals surface area contributed by atoms with Gasteiger partial charge in [0.25, 0.3) is 11.8 Å². The molecule has 0 aliphatic carbocycles. The van der Waals surface area contributed by atoms with E-state index in [1.54, 1.807) is 53.4 Å². The fraction of sp³-hybridized carbons (Fsp3) is 0.375. The van der Waals surface area contributed by atoms with E-state index in [9.17, 15) is 14.4 Å². The summed E-state index contributed by atoms with van der Waals surface area (Å²) in [6.45, 7) is 11.0. The van der Waals surface area contributed by atoms with E-state index in [-0.39, 0.29) is 29.8 Å². The number of nitrogens with one attached hydrogen (secondary N) is 3. The second kappa shape index (κ2) is 10.6. The maximum atomic E-state index is 12.4. The van der Waals surface area contributed by atoms with E-state index in [1.165, 1.54) is 0 Å². The highest BCUT2D eigenvalue weighted by Gasteiger charge is 2.16. The number of carbonyl (C=O) groups excluding carboxylic acids is 3. The summed E-state index contributed by atoms with van der Waals surface area (Å²) in [6.07, 6.45) is 0. The molecule has 0 atom stereocenters. The summed E-state index contributed by atoms with van der Waals surface area (Å²) < 4.78 is 0. The van der Waals surface area contributed by atoms with Gasteiger partial charge in [0.15, 0.2) is 0 Å². The summed E-state index contributed by atoms with van der Waals surface area (Å²) in [6, 6.07) is 13.9. The topological polar surface area (TPSA) is 90.5 Å².